The summed E-state index contributed by atoms with van der Waals surface area (Å²) in [5, 5.41) is 4.50. The molecule has 174 valence electrons. The Bertz CT molecular complexity index is 1250. The molecule has 3 aromatic rings. The van der Waals surface area contributed by atoms with Crippen LogP contribution < -0.4 is 0 Å². The van der Waals surface area contributed by atoms with Gasteiger partial charge in [-0.1, -0.05) is 23.8 Å². The zero-order valence-electron chi connectivity index (χ0n) is 18.9. The van der Waals surface area contributed by atoms with Gasteiger partial charge in [0.1, 0.15) is 0 Å². The molecule has 1 saturated carbocycles. The predicted molar refractivity (Wildman–Crippen MR) is 122 cm³/mol. The van der Waals surface area contributed by atoms with E-state index in [1.807, 2.05) is 38.2 Å². The van der Waals surface area contributed by atoms with Gasteiger partial charge in [-0.3, -0.25) is 13.8 Å². The molecule has 1 fully saturated rings. The molecule has 0 aliphatic heterocycles. The van der Waals surface area contributed by atoms with Gasteiger partial charge in [-0.05, 0) is 63.8 Å². The minimum atomic E-state index is -3.78. The number of aryl methyl sites for hydroxylation is 2. The fourth-order valence-electron chi connectivity index (χ4n) is 3.82. The fourth-order valence-corrected chi connectivity index (χ4v) is 4.80. The summed E-state index contributed by atoms with van der Waals surface area (Å²) < 4.78 is 37.0. The van der Waals surface area contributed by atoms with E-state index in [4.69, 9.17) is 8.92 Å². The van der Waals surface area contributed by atoms with E-state index in [9.17, 15) is 13.2 Å². The molecular weight excluding hydrogens is 442 g/mol. The molecule has 1 aliphatic rings. The maximum absolute atomic E-state index is 12.5. The Morgan fingerprint density at radius 1 is 1.12 bits per heavy atom. The largest absolute Gasteiger partial charge is 0.461 e. The molecule has 0 unspecified atom stereocenters. The van der Waals surface area contributed by atoms with Crippen LogP contribution in [0.2, 0.25) is 0 Å². The Kier molecular flexibility index (Phi) is 6.62. The standard InChI is InChI=1S/C24H27N3O5S/c1-4-31-24(28)23-21(22-7-5-6-17(3)25-22)14-27(26-23)19-12-18(13-19)15-32-33(29,30)20-10-8-16(2)9-11-20/h5-11,14,18-19H,4,12-13,15H2,1-3H3. The van der Waals surface area contributed by atoms with E-state index in [0.717, 1.165) is 11.3 Å². The van der Waals surface area contributed by atoms with Gasteiger partial charge in [-0.2, -0.15) is 13.5 Å². The Balaban J connectivity index is 1.44. The third-order valence-corrected chi connectivity index (χ3v) is 7.01. The number of aromatic nitrogens is 3. The lowest BCUT2D eigenvalue weighted by Gasteiger charge is -2.34. The minimum absolute atomic E-state index is 0.0485. The number of pyridine rings is 1. The van der Waals surface area contributed by atoms with Gasteiger partial charge in [0.15, 0.2) is 5.69 Å². The van der Waals surface area contributed by atoms with Crippen molar-refractivity contribution in [3.8, 4) is 11.3 Å². The van der Waals surface area contributed by atoms with Gasteiger partial charge < -0.3 is 4.74 Å². The van der Waals surface area contributed by atoms with Crippen LogP contribution in [0.5, 0.6) is 0 Å². The second kappa shape index (κ2) is 9.44. The molecule has 33 heavy (non-hydrogen) atoms. The van der Waals surface area contributed by atoms with Gasteiger partial charge in [0.25, 0.3) is 10.1 Å². The highest BCUT2D eigenvalue weighted by atomic mass is 32.2. The van der Waals surface area contributed by atoms with Crippen molar-refractivity contribution >= 4 is 16.1 Å². The lowest BCUT2D eigenvalue weighted by Crippen LogP contribution is -2.31. The SMILES string of the molecule is CCOC(=O)c1nn(C2CC(COS(=O)(=O)c3ccc(C)cc3)C2)cc1-c1cccc(C)n1. The number of carbonyl (C=O) groups excluding carboxylic acids is 1. The lowest BCUT2D eigenvalue weighted by molar-refractivity contribution is 0.0516. The summed E-state index contributed by atoms with van der Waals surface area (Å²) in [5.41, 5.74) is 3.34. The van der Waals surface area contributed by atoms with Crippen LogP contribution in [0.4, 0.5) is 0 Å². The van der Waals surface area contributed by atoms with E-state index < -0.39 is 16.1 Å². The normalized spacial score (nSPS) is 18.0. The van der Waals surface area contributed by atoms with E-state index in [1.165, 1.54) is 0 Å². The molecular formula is C24H27N3O5S. The summed E-state index contributed by atoms with van der Waals surface area (Å²) in [6.45, 7) is 5.91. The molecule has 1 aromatic carbocycles. The van der Waals surface area contributed by atoms with Gasteiger partial charge in [0.2, 0.25) is 0 Å². The van der Waals surface area contributed by atoms with Crippen LogP contribution in [0, 0.1) is 19.8 Å². The van der Waals surface area contributed by atoms with Crippen molar-refractivity contribution in [1.29, 1.82) is 0 Å². The molecule has 0 bridgehead atoms. The number of hydrogen-bond acceptors (Lipinski definition) is 7. The quantitative estimate of drug-likeness (QED) is 0.362. The summed E-state index contributed by atoms with van der Waals surface area (Å²) in [6.07, 6.45) is 3.22. The number of carbonyl (C=O) groups is 1. The van der Waals surface area contributed by atoms with Crippen LogP contribution in [-0.2, 0) is 19.0 Å². The van der Waals surface area contributed by atoms with Gasteiger partial charge in [0.05, 0.1) is 35.4 Å². The van der Waals surface area contributed by atoms with Gasteiger partial charge in [-0.25, -0.2) is 4.79 Å². The molecule has 8 nitrogen and oxygen atoms in total. The topological polar surface area (TPSA) is 100 Å². The molecule has 0 spiro atoms. The number of ether oxygens (including phenoxy) is 1. The third-order valence-electron chi connectivity index (χ3n) is 5.72. The fraction of sp³-hybridized carbons (Fsp3) is 0.375. The molecule has 2 aromatic heterocycles. The Morgan fingerprint density at radius 2 is 1.85 bits per heavy atom. The minimum Gasteiger partial charge on any atom is -0.461 e. The average molecular weight is 470 g/mol. The molecule has 4 rings (SSSR count). The van der Waals surface area contributed by atoms with Gasteiger partial charge >= 0.3 is 5.97 Å². The highest BCUT2D eigenvalue weighted by molar-refractivity contribution is 7.86. The third kappa shape index (κ3) is 5.15. The highest BCUT2D eigenvalue weighted by Crippen LogP contribution is 2.39. The van der Waals surface area contributed by atoms with Crippen molar-refractivity contribution < 1.29 is 22.1 Å². The summed E-state index contributed by atoms with van der Waals surface area (Å²) in [4.78, 5) is 17.2. The van der Waals surface area contributed by atoms with E-state index in [-0.39, 0.29) is 35.8 Å². The molecule has 9 heteroatoms. The zero-order valence-corrected chi connectivity index (χ0v) is 19.7. The van der Waals surface area contributed by atoms with Crippen LogP contribution in [0.15, 0.2) is 53.6 Å². The predicted octanol–water partition coefficient (Wildman–Crippen LogP) is 4.10. The number of rotatable bonds is 8. The van der Waals surface area contributed by atoms with E-state index in [0.29, 0.717) is 24.1 Å². The van der Waals surface area contributed by atoms with Crippen molar-refractivity contribution in [3.05, 3.63) is 65.6 Å². The van der Waals surface area contributed by atoms with Gasteiger partial charge in [0, 0.05) is 11.9 Å². The summed E-state index contributed by atoms with van der Waals surface area (Å²) in [5.74, 6) is -0.399. The van der Waals surface area contributed by atoms with Crippen LogP contribution in [0.25, 0.3) is 11.3 Å². The number of esters is 1. The number of hydrogen-bond donors (Lipinski definition) is 0. The molecule has 0 amide bonds. The summed E-state index contributed by atoms with van der Waals surface area (Å²) in [6, 6.07) is 12.3. The molecule has 0 N–H and O–H groups in total. The second-order valence-electron chi connectivity index (χ2n) is 8.30. The van der Waals surface area contributed by atoms with Crippen LogP contribution in [0.3, 0.4) is 0 Å². The van der Waals surface area contributed by atoms with Crippen molar-refractivity contribution in [2.75, 3.05) is 13.2 Å². The zero-order chi connectivity index (χ0) is 23.6. The maximum Gasteiger partial charge on any atom is 0.359 e. The molecule has 0 radical (unpaired) electrons. The van der Waals surface area contributed by atoms with Crippen molar-refractivity contribution in [2.24, 2.45) is 5.92 Å². The van der Waals surface area contributed by atoms with Crippen molar-refractivity contribution in [2.45, 2.75) is 44.6 Å². The molecule has 0 saturated heterocycles. The molecule has 2 heterocycles. The number of nitrogens with zero attached hydrogens (tertiary/aromatic N) is 3. The first-order valence-corrected chi connectivity index (χ1v) is 12.3. The van der Waals surface area contributed by atoms with E-state index >= 15 is 0 Å². The molecule has 1 aliphatic carbocycles. The van der Waals surface area contributed by atoms with Crippen LogP contribution >= 0.6 is 0 Å². The van der Waals surface area contributed by atoms with Crippen LogP contribution in [-0.4, -0.2) is 42.4 Å². The second-order valence-corrected chi connectivity index (χ2v) is 9.91. The highest BCUT2D eigenvalue weighted by Gasteiger charge is 2.34. The molecule has 0 atom stereocenters. The Morgan fingerprint density at radius 3 is 2.52 bits per heavy atom. The first-order valence-electron chi connectivity index (χ1n) is 10.9. The number of benzene rings is 1. The van der Waals surface area contributed by atoms with E-state index in [2.05, 4.69) is 10.1 Å². The first kappa shape index (κ1) is 23.1. The first-order chi connectivity index (χ1) is 15.8. The summed E-state index contributed by atoms with van der Waals surface area (Å²) >= 11 is 0. The van der Waals surface area contributed by atoms with Crippen molar-refractivity contribution in [1.82, 2.24) is 14.8 Å². The average Bonchev–Trinajstić information content (AvgIpc) is 3.18. The van der Waals surface area contributed by atoms with Crippen LogP contribution in [0.1, 0.15) is 47.6 Å². The van der Waals surface area contributed by atoms with Crippen molar-refractivity contribution in [3.63, 3.8) is 0 Å². The summed E-state index contributed by atoms with van der Waals surface area (Å²) in [7, 11) is -3.78. The Hall–Kier alpha value is -3.04. The smallest absolute Gasteiger partial charge is 0.359 e. The lowest BCUT2D eigenvalue weighted by atomic mass is 9.81. The monoisotopic (exact) mass is 469 g/mol. The maximum atomic E-state index is 12.5. The van der Waals surface area contributed by atoms with Gasteiger partial charge in [-0.15, -0.1) is 0 Å². The van der Waals surface area contributed by atoms with E-state index in [1.54, 1.807) is 35.9 Å². The Labute approximate surface area is 193 Å².